The maximum absolute atomic E-state index is 13.1. The second-order valence-electron chi connectivity index (χ2n) is 7.72. The SMILES string of the molecule is C[C@H]1Oc2ccc(NC(=O)Cc3ccc(F)cc3)cc2CN(Cc2ccccc2Cl)C1=O. The van der Waals surface area contributed by atoms with Crippen LogP contribution in [0.1, 0.15) is 23.6 Å². The highest BCUT2D eigenvalue weighted by atomic mass is 35.5. The molecule has 164 valence electrons. The molecule has 0 saturated carbocycles. The summed E-state index contributed by atoms with van der Waals surface area (Å²) in [6.07, 6.45) is -0.514. The van der Waals surface area contributed by atoms with Crippen molar-refractivity contribution in [1.82, 2.24) is 4.90 Å². The molecule has 1 N–H and O–H groups in total. The van der Waals surface area contributed by atoms with Crippen LogP contribution in [0.2, 0.25) is 5.02 Å². The molecule has 0 unspecified atom stereocenters. The van der Waals surface area contributed by atoms with Crippen LogP contribution >= 0.6 is 11.6 Å². The Labute approximate surface area is 190 Å². The molecule has 1 aliphatic heterocycles. The molecule has 7 heteroatoms. The van der Waals surface area contributed by atoms with E-state index in [0.29, 0.717) is 35.1 Å². The Morgan fingerprint density at radius 1 is 1.16 bits per heavy atom. The number of ether oxygens (including phenoxy) is 1. The molecule has 1 aliphatic rings. The van der Waals surface area contributed by atoms with Gasteiger partial charge in [0.2, 0.25) is 5.91 Å². The van der Waals surface area contributed by atoms with Crippen molar-refractivity contribution in [2.45, 2.75) is 32.5 Å². The Morgan fingerprint density at radius 2 is 1.91 bits per heavy atom. The van der Waals surface area contributed by atoms with Crippen molar-refractivity contribution in [2.75, 3.05) is 5.32 Å². The van der Waals surface area contributed by atoms with Gasteiger partial charge in [-0.3, -0.25) is 9.59 Å². The summed E-state index contributed by atoms with van der Waals surface area (Å²) in [6.45, 7) is 2.40. The van der Waals surface area contributed by atoms with Gasteiger partial charge >= 0.3 is 0 Å². The lowest BCUT2D eigenvalue weighted by molar-refractivity contribution is -0.138. The number of halogens is 2. The first kappa shape index (κ1) is 21.8. The molecule has 1 atom stereocenters. The monoisotopic (exact) mass is 452 g/mol. The molecule has 0 bridgehead atoms. The Kier molecular flexibility index (Phi) is 6.42. The molecule has 32 heavy (non-hydrogen) atoms. The number of nitrogens with zero attached hydrogens (tertiary/aromatic N) is 1. The molecular weight excluding hydrogens is 431 g/mol. The first-order chi connectivity index (χ1) is 15.4. The Balaban J connectivity index is 1.51. The quantitative estimate of drug-likeness (QED) is 0.594. The Hall–Kier alpha value is -3.38. The highest BCUT2D eigenvalue weighted by Crippen LogP contribution is 2.30. The number of hydrogen-bond donors (Lipinski definition) is 1. The van der Waals surface area contributed by atoms with Crippen molar-refractivity contribution in [1.29, 1.82) is 0 Å². The standard InChI is InChI=1S/C25H22ClFN2O3/c1-16-25(31)29(14-18-4-2-3-5-22(18)26)15-19-13-21(10-11-23(19)32-16)28-24(30)12-17-6-8-20(27)9-7-17/h2-11,13,16H,12,14-15H2,1H3,(H,28,30)/t16-/m1/s1. The fourth-order valence-corrected chi connectivity index (χ4v) is 3.83. The molecule has 4 rings (SSSR count). The molecule has 3 aromatic rings. The van der Waals surface area contributed by atoms with E-state index in [1.807, 2.05) is 24.3 Å². The van der Waals surface area contributed by atoms with Crippen LogP contribution in [0.3, 0.4) is 0 Å². The summed E-state index contributed by atoms with van der Waals surface area (Å²) in [5.41, 5.74) is 2.95. The molecule has 0 radical (unpaired) electrons. The van der Waals surface area contributed by atoms with Crippen LogP contribution in [-0.4, -0.2) is 22.8 Å². The van der Waals surface area contributed by atoms with Gasteiger partial charge in [-0.05, 0) is 54.4 Å². The van der Waals surface area contributed by atoms with Crippen LogP contribution in [0.5, 0.6) is 5.75 Å². The fourth-order valence-electron chi connectivity index (χ4n) is 3.64. The number of fused-ring (bicyclic) bond motifs is 1. The largest absolute Gasteiger partial charge is 0.481 e. The van der Waals surface area contributed by atoms with Gasteiger partial charge in [-0.1, -0.05) is 41.9 Å². The van der Waals surface area contributed by atoms with Crippen LogP contribution in [-0.2, 0) is 29.1 Å². The predicted octanol–water partition coefficient (Wildman–Crippen LogP) is 4.97. The van der Waals surface area contributed by atoms with Gasteiger partial charge in [0.05, 0.1) is 6.42 Å². The zero-order valence-corrected chi connectivity index (χ0v) is 18.2. The summed E-state index contributed by atoms with van der Waals surface area (Å²) in [7, 11) is 0. The van der Waals surface area contributed by atoms with E-state index < -0.39 is 6.10 Å². The third kappa shape index (κ3) is 5.08. The lowest BCUT2D eigenvalue weighted by Gasteiger charge is -2.22. The molecular formula is C25H22ClFN2O3. The van der Waals surface area contributed by atoms with E-state index >= 15 is 0 Å². The molecule has 0 saturated heterocycles. The third-order valence-corrected chi connectivity index (χ3v) is 5.63. The summed E-state index contributed by atoms with van der Waals surface area (Å²) in [5.74, 6) is -0.0967. The number of carbonyl (C=O) groups excluding carboxylic acids is 2. The smallest absolute Gasteiger partial charge is 0.263 e. The Bertz CT molecular complexity index is 1150. The highest BCUT2D eigenvalue weighted by Gasteiger charge is 2.28. The second-order valence-corrected chi connectivity index (χ2v) is 8.13. The number of hydrogen-bond acceptors (Lipinski definition) is 3. The zero-order valence-electron chi connectivity index (χ0n) is 17.5. The topological polar surface area (TPSA) is 58.6 Å². The van der Waals surface area contributed by atoms with E-state index in [4.69, 9.17) is 16.3 Å². The summed E-state index contributed by atoms with van der Waals surface area (Å²) in [6, 6.07) is 18.5. The molecule has 1 heterocycles. The maximum atomic E-state index is 13.1. The van der Waals surface area contributed by atoms with E-state index in [2.05, 4.69) is 5.32 Å². The number of nitrogens with one attached hydrogen (secondary N) is 1. The van der Waals surface area contributed by atoms with Crippen molar-refractivity contribution in [3.63, 3.8) is 0 Å². The van der Waals surface area contributed by atoms with Gasteiger partial charge in [-0.25, -0.2) is 4.39 Å². The third-order valence-electron chi connectivity index (χ3n) is 5.27. The van der Waals surface area contributed by atoms with Crippen molar-refractivity contribution in [2.24, 2.45) is 0 Å². The summed E-state index contributed by atoms with van der Waals surface area (Å²) < 4.78 is 18.9. The van der Waals surface area contributed by atoms with Gasteiger partial charge < -0.3 is 15.0 Å². The van der Waals surface area contributed by atoms with Gasteiger partial charge in [0.15, 0.2) is 6.10 Å². The van der Waals surface area contributed by atoms with Gasteiger partial charge in [-0.15, -0.1) is 0 Å². The van der Waals surface area contributed by atoms with E-state index in [-0.39, 0.29) is 24.1 Å². The summed E-state index contributed by atoms with van der Waals surface area (Å²) in [5, 5.41) is 3.46. The normalized spacial score (nSPS) is 15.5. The molecule has 0 aliphatic carbocycles. The Morgan fingerprint density at radius 3 is 2.66 bits per heavy atom. The second kappa shape index (κ2) is 9.40. The summed E-state index contributed by atoms with van der Waals surface area (Å²) in [4.78, 5) is 27.0. The van der Waals surface area contributed by atoms with Crippen molar-refractivity contribution >= 4 is 29.1 Å². The number of rotatable bonds is 5. The van der Waals surface area contributed by atoms with Crippen molar-refractivity contribution < 1.29 is 18.7 Å². The van der Waals surface area contributed by atoms with Crippen LogP contribution in [0.4, 0.5) is 10.1 Å². The minimum Gasteiger partial charge on any atom is -0.481 e. The lowest BCUT2D eigenvalue weighted by atomic mass is 10.1. The first-order valence-corrected chi connectivity index (χ1v) is 10.6. The molecule has 0 spiro atoms. The fraction of sp³-hybridized carbons (Fsp3) is 0.200. The van der Waals surface area contributed by atoms with Gasteiger partial charge in [-0.2, -0.15) is 0 Å². The molecule has 0 aromatic heterocycles. The van der Waals surface area contributed by atoms with Gasteiger partial charge in [0.1, 0.15) is 11.6 Å². The van der Waals surface area contributed by atoms with Crippen molar-refractivity contribution in [3.05, 3.63) is 94.3 Å². The first-order valence-electron chi connectivity index (χ1n) is 10.2. The molecule has 5 nitrogen and oxygen atoms in total. The average Bonchev–Trinajstić information content (AvgIpc) is 2.88. The lowest BCUT2D eigenvalue weighted by Crippen LogP contribution is -2.37. The maximum Gasteiger partial charge on any atom is 0.263 e. The van der Waals surface area contributed by atoms with E-state index in [0.717, 1.165) is 11.1 Å². The molecule has 0 fully saturated rings. The molecule has 2 amide bonds. The minimum absolute atomic E-state index is 0.127. The van der Waals surface area contributed by atoms with Crippen LogP contribution < -0.4 is 10.1 Å². The molecule has 3 aromatic carbocycles. The van der Waals surface area contributed by atoms with Crippen LogP contribution in [0, 0.1) is 5.82 Å². The van der Waals surface area contributed by atoms with E-state index in [9.17, 15) is 14.0 Å². The minimum atomic E-state index is -0.641. The summed E-state index contributed by atoms with van der Waals surface area (Å²) >= 11 is 6.29. The van der Waals surface area contributed by atoms with Crippen LogP contribution in [0.15, 0.2) is 66.7 Å². The number of benzene rings is 3. The van der Waals surface area contributed by atoms with E-state index in [1.54, 1.807) is 42.2 Å². The zero-order chi connectivity index (χ0) is 22.7. The van der Waals surface area contributed by atoms with Gasteiger partial charge in [0, 0.05) is 29.4 Å². The van der Waals surface area contributed by atoms with E-state index in [1.165, 1.54) is 12.1 Å². The number of carbonyl (C=O) groups is 2. The van der Waals surface area contributed by atoms with Crippen LogP contribution in [0.25, 0.3) is 0 Å². The average molecular weight is 453 g/mol. The van der Waals surface area contributed by atoms with Crippen molar-refractivity contribution in [3.8, 4) is 5.75 Å². The number of anilines is 1. The highest BCUT2D eigenvalue weighted by molar-refractivity contribution is 6.31. The number of amides is 2. The van der Waals surface area contributed by atoms with Gasteiger partial charge in [0.25, 0.3) is 5.91 Å². The predicted molar refractivity (Wildman–Crippen MR) is 121 cm³/mol.